The summed E-state index contributed by atoms with van der Waals surface area (Å²) in [6.07, 6.45) is 6.29. The Hall–Kier alpha value is -2.81. The molecule has 0 saturated heterocycles. The van der Waals surface area contributed by atoms with Crippen molar-refractivity contribution in [2.75, 3.05) is 0 Å². The van der Waals surface area contributed by atoms with E-state index in [-0.39, 0.29) is 10.8 Å². The van der Waals surface area contributed by atoms with Crippen LogP contribution in [0.1, 0.15) is 52.7 Å². The van der Waals surface area contributed by atoms with E-state index in [0.29, 0.717) is 0 Å². The third-order valence-corrected chi connectivity index (χ3v) is 4.68. The van der Waals surface area contributed by atoms with Crippen molar-refractivity contribution >= 4 is 18.3 Å². The summed E-state index contributed by atoms with van der Waals surface area (Å²) in [4.78, 5) is 12.7. The van der Waals surface area contributed by atoms with Crippen LogP contribution >= 0.6 is 0 Å². The molecule has 0 spiro atoms. The SMILES string of the molecule is CC(C)(C)C(/C=C/c1ccccc1)OC(=O)OC(/C=C/c1ccccc1)C(C)(C)C. The molecule has 0 aliphatic rings. The highest BCUT2D eigenvalue weighted by Gasteiger charge is 2.31. The van der Waals surface area contributed by atoms with Gasteiger partial charge in [0.25, 0.3) is 0 Å². The summed E-state index contributed by atoms with van der Waals surface area (Å²) >= 11 is 0. The maximum absolute atomic E-state index is 12.7. The molecule has 0 bridgehead atoms. The number of carbonyl (C=O) groups excluding carboxylic acids is 1. The minimum Gasteiger partial charge on any atom is -0.426 e. The summed E-state index contributed by atoms with van der Waals surface area (Å²) in [7, 11) is 0. The molecule has 0 fully saturated rings. The van der Waals surface area contributed by atoms with Gasteiger partial charge >= 0.3 is 6.16 Å². The van der Waals surface area contributed by atoms with Crippen molar-refractivity contribution < 1.29 is 14.3 Å². The number of benzene rings is 2. The molecule has 30 heavy (non-hydrogen) atoms. The third kappa shape index (κ3) is 7.90. The van der Waals surface area contributed by atoms with E-state index >= 15 is 0 Å². The summed E-state index contributed by atoms with van der Waals surface area (Å²) in [5.41, 5.74) is 1.59. The Morgan fingerprint density at radius 2 is 1.00 bits per heavy atom. The molecule has 0 radical (unpaired) electrons. The second-order valence-electron chi connectivity index (χ2n) is 9.60. The lowest BCUT2D eigenvalue weighted by molar-refractivity contribution is -0.0281. The minimum absolute atomic E-state index is 0.262. The number of hydrogen-bond donors (Lipinski definition) is 0. The zero-order valence-corrected chi connectivity index (χ0v) is 19.0. The van der Waals surface area contributed by atoms with E-state index < -0.39 is 18.4 Å². The molecular weight excluding hydrogens is 372 g/mol. The van der Waals surface area contributed by atoms with Gasteiger partial charge in [-0.15, -0.1) is 0 Å². The van der Waals surface area contributed by atoms with Crippen LogP contribution in [0.3, 0.4) is 0 Å². The van der Waals surface area contributed by atoms with Gasteiger partial charge in [-0.1, -0.05) is 114 Å². The maximum atomic E-state index is 12.7. The van der Waals surface area contributed by atoms with Crippen LogP contribution < -0.4 is 0 Å². The number of hydrogen-bond acceptors (Lipinski definition) is 3. The molecule has 2 rings (SSSR count). The second kappa shape index (κ2) is 10.3. The molecule has 160 valence electrons. The van der Waals surface area contributed by atoms with Crippen molar-refractivity contribution in [2.45, 2.75) is 53.8 Å². The molecule has 2 aromatic carbocycles. The highest BCUT2D eigenvalue weighted by Crippen LogP contribution is 2.28. The summed E-state index contributed by atoms with van der Waals surface area (Å²) in [5.74, 6) is 0. The van der Waals surface area contributed by atoms with Gasteiger partial charge in [0.05, 0.1) is 0 Å². The molecule has 0 aliphatic heterocycles. The first-order chi connectivity index (χ1) is 14.1. The second-order valence-corrected chi connectivity index (χ2v) is 9.60. The Labute approximate surface area is 181 Å². The Balaban J connectivity index is 2.10. The molecule has 0 amide bonds. The first kappa shape index (κ1) is 23.5. The maximum Gasteiger partial charge on any atom is 0.509 e. The molecule has 0 heterocycles. The van der Waals surface area contributed by atoms with Crippen molar-refractivity contribution in [3.63, 3.8) is 0 Å². The van der Waals surface area contributed by atoms with Gasteiger partial charge in [0.1, 0.15) is 12.2 Å². The molecule has 2 unspecified atom stereocenters. The predicted molar refractivity (Wildman–Crippen MR) is 125 cm³/mol. The standard InChI is InChI=1S/C27H34O3/c1-26(2,3)23(19-17-21-13-9-7-10-14-21)29-25(28)30-24(27(4,5)6)20-18-22-15-11-8-12-16-22/h7-20,23-24H,1-6H3/b19-17+,20-18+. The Kier molecular flexibility index (Phi) is 8.05. The van der Waals surface area contributed by atoms with Gasteiger partial charge < -0.3 is 9.47 Å². The van der Waals surface area contributed by atoms with Crippen molar-refractivity contribution in [1.29, 1.82) is 0 Å². The smallest absolute Gasteiger partial charge is 0.426 e. The van der Waals surface area contributed by atoms with Crippen LogP contribution in [0.25, 0.3) is 12.2 Å². The van der Waals surface area contributed by atoms with E-state index in [0.717, 1.165) is 11.1 Å². The van der Waals surface area contributed by atoms with E-state index in [2.05, 4.69) is 0 Å². The van der Waals surface area contributed by atoms with Crippen molar-refractivity contribution in [2.24, 2.45) is 10.8 Å². The highest BCUT2D eigenvalue weighted by molar-refractivity contribution is 5.62. The normalized spacial score (nSPS) is 14.6. The van der Waals surface area contributed by atoms with Crippen LogP contribution in [0.2, 0.25) is 0 Å². The summed E-state index contributed by atoms with van der Waals surface area (Å²) in [6.45, 7) is 12.2. The summed E-state index contributed by atoms with van der Waals surface area (Å²) in [6, 6.07) is 19.9. The van der Waals surface area contributed by atoms with E-state index in [1.165, 1.54) is 0 Å². The Morgan fingerprint density at radius 3 is 1.30 bits per heavy atom. The quantitative estimate of drug-likeness (QED) is 0.469. The third-order valence-electron chi connectivity index (χ3n) is 4.68. The lowest BCUT2D eigenvalue weighted by Gasteiger charge is -2.31. The molecular formula is C27H34O3. The molecule has 0 N–H and O–H groups in total. The fourth-order valence-corrected chi connectivity index (χ4v) is 2.77. The first-order valence-electron chi connectivity index (χ1n) is 10.4. The monoisotopic (exact) mass is 406 g/mol. The van der Waals surface area contributed by atoms with Gasteiger partial charge in [0.2, 0.25) is 0 Å². The molecule has 0 aliphatic carbocycles. The van der Waals surface area contributed by atoms with Gasteiger partial charge in [-0.05, 0) is 23.3 Å². The molecule has 3 nitrogen and oxygen atoms in total. The van der Waals surface area contributed by atoms with Gasteiger partial charge in [0, 0.05) is 10.8 Å². The van der Waals surface area contributed by atoms with Gasteiger partial charge in [0.15, 0.2) is 0 Å². The topological polar surface area (TPSA) is 35.5 Å². The van der Waals surface area contributed by atoms with Crippen LogP contribution in [-0.4, -0.2) is 18.4 Å². The lowest BCUT2D eigenvalue weighted by atomic mass is 9.88. The summed E-state index contributed by atoms with van der Waals surface area (Å²) < 4.78 is 11.5. The Morgan fingerprint density at radius 1 is 0.667 bits per heavy atom. The van der Waals surface area contributed by atoms with Crippen molar-refractivity contribution in [3.8, 4) is 0 Å². The lowest BCUT2D eigenvalue weighted by Crippen LogP contribution is -2.34. The number of carbonyl (C=O) groups is 1. The fraction of sp³-hybridized carbons (Fsp3) is 0.370. The number of ether oxygens (including phenoxy) is 2. The largest absolute Gasteiger partial charge is 0.509 e. The predicted octanol–water partition coefficient (Wildman–Crippen LogP) is 7.40. The molecule has 0 aromatic heterocycles. The van der Waals surface area contributed by atoms with Crippen molar-refractivity contribution in [3.05, 3.63) is 83.9 Å². The molecule has 0 saturated carbocycles. The average Bonchev–Trinajstić information content (AvgIpc) is 2.68. The fourth-order valence-electron chi connectivity index (χ4n) is 2.77. The average molecular weight is 407 g/mol. The zero-order chi connectivity index (χ0) is 22.2. The minimum atomic E-state index is -0.662. The van der Waals surface area contributed by atoms with E-state index in [4.69, 9.17) is 9.47 Å². The molecule has 2 atom stereocenters. The van der Waals surface area contributed by atoms with E-state index in [1.807, 2.05) is 127 Å². The first-order valence-corrected chi connectivity index (χ1v) is 10.4. The van der Waals surface area contributed by atoms with Crippen LogP contribution in [0.5, 0.6) is 0 Å². The van der Waals surface area contributed by atoms with Crippen LogP contribution in [-0.2, 0) is 9.47 Å². The van der Waals surface area contributed by atoms with Crippen LogP contribution in [0.15, 0.2) is 72.8 Å². The summed E-state index contributed by atoms with van der Waals surface area (Å²) in [5, 5.41) is 0. The van der Waals surface area contributed by atoms with Gasteiger partial charge in [-0.2, -0.15) is 0 Å². The highest BCUT2D eigenvalue weighted by atomic mass is 16.7. The van der Waals surface area contributed by atoms with Crippen LogP contribution in [0.4, 0.5) is 4.79 Å². The van der Waals surface area contributed by atoms with E-state index in [9.17, 15) is 4.79 Å². The molecule has 3 heteroatoms. The van der Waals surface area contributed by atoms with Crippen LogP contribution in [0, 0.1) is 10.8 Å². The number of rotatable bonds is 6. The molecule has 2 aromatic rings. The van der Waals surface area contributed by atoms with Gasteiger partial charge in [-0.3, -0.25) is 0 Å². The van der Waals surface area contributed by atoms with E-state index in [1.54, 1.807) is 0 Å². The van der Waals surface area contributed by atoms with Gasteiger partial charge in [-0.25, -0.2) is 4.79 Å². The Bertz CT molecular complexity index is 766. The zero-order valence-electron chi connectivity index (χ0n) is 19.0. The van der Waals surface area contributed by atoms with Crippen molar-refractivity contribution in [1.82, 2.24) is 0 Å².